The zero-order valence-corrected chi connectivity index (χ0v) is 8.59. The smallest absolute Gasteiger partial charge is 0.149 e. The standard InChI is InChI=1S/C11H17N3/c1-8-2-5-10(12)11(14-8)13-7-6-9-3-4-9/h2,5,9H,3-4,6-7,12H2,1H3,(H,13,14). The maximum Gasteiger partial charge on any atom is 0.149 e. The van der Waals surface area contributed by atoms with Gasteiger partial charge in [-0.25, -0.2) is 4.98 Å². The van der Waals surface area contributed by atoms with E-state index in [9.17, 15) is 0 Å². The van der Waals surface area contributed by atoms with Crippen LogP contribution in [0.4, 0.5) is 11.5 Å². The largest absolute Gasteiger partial charge is 0.396 e. The SMILES string of the molecule is Cc1ccc(N)c(NCCC2CC2)n1. The monoisotopic (exact) mass is 191 g/mol. The van der Waals surface area contributed by atoms with Crippen LogP contribution < -0.4 is 11.1 Å². The number of hydrogen-bond acceptors (Lipinski definition) is 3. The Morgan fingerprint density at radius 2 is 2.29 bits per heavy atom. The second kappa shape index (κ2) is 3.86. The van der Waals surface area contributed by atoms with Crippen molar-refractivity contribution in [1.82, 2.24) is 4.98 Å². The lowest BCUT2D eigenvalue weighted by molar-refractivity contribution is 0.758. The molecule has 1 saturated carbocycles. The predicted octanol–water partition coefficient (Wildman–Crippen LogP) is 2.18. The summed E-state index contributed by atoms with van der Waals surface area (Å²) in [7, 11) is 0. The Labute approximate surface area is 84.7 Å². The lowest BCUT2D eigenvalue weighted by atomic mass is 10.3. The summed E-state index contributed by atoms with van der Waals surface area (Å²) in [5.74, 6) is 1.79. The molecule has 0 spiro atoms. The van der Waals surface area contributed by atoms with Crippen LogP contribution in [0.2, 0.25) is 0 Å². The number of nitrogens with zero attached hydrogens (tertiary/aromatic N) is 1. The molecule has 1 aliphatic rings. The molecule has 1 heterocycles. The van der Waals surface area contributed by atoms with E-state index in [1.54, 1.807) is 0 Å². The van der Waals surface area contributed by atoms with E-state index in [1.807, 2.05) is 19.1 Å². The fourth-order valence-electron chi connectivity index (χ4n) is 1.51. The number of aryl methyl sites for hydroxylation is 1. The topological polar surface area (TPSA) is 50.9 Å². The van der Waals surface area contributed by atoms with Gasteiger partial charge in [-0.05, 0) is 31.4 Å². The van der Waals surface area contributed by atoms with Gasteiger partial charge in [-0.15, -0.1) is 0 Å². The van der Waals surface area contributed by atoms with Crippen LogP contribution >= 0.6 is 0 Å². The number of anilines is 2. The van der Waals surface area contributed by atoms with E-state index >= 15 is 0 Å². The molecular weight excluding hydrogens is 174 g/mol. The lowest BCUT2D eigenvalue weighted by Gasteiger charge is -2.08. The predicted molar refractivity (Wildman–Crippen MR) is 59.2 cm³/mol. The number of rotatable bonds is 4. The fraction of sp³-hybridized carbons (Fsp3) is 0.545. The van der Waals surface area contributed by atoms with Crippen molar-refractivity contribution in [3.63, 3.8) is 0 Å². The maximum absolute atomic E-state index is 5.80. The highest BCUT2D eigenvalue weighted by atomic mass is 15.0. The third kappa shape index (κ3) is 2.37. The van der Waals surface area contributed by atoms with E-state index in [1.165, 1.54) is 19.3 Å². The average molecular weight is 191 g/mol. The van der Waals surface area contributed by atoms with E-state index in [2.05, 4.69) is 10.3 Å². The van der Waals surface area contributed by atoms with Crippen molar-refractivity contribution in [3.05, 3.63) is 17.8 Å². The summed E-state index contributed by atoms with van der Waals surface area (Å²) in [6.45, 7) is 2.97. The minimum Gasteiger partial charge on any atom is -0.396 e. The Morgan fingerprint density at radius 1 is 1.50 bits per heavy atom. The van der Waals surface area contributed by atoms with E-state index in [0.717, 1.165) is 29.7 Å². The number of nitrogen functional groups attached to an aromatic ring is 1. The molecule has 76 valence electrons. The number of pyridine rings is 1. The number of hydrogen-bond donors (Lipinski definition) is 2. The van der Waals surface area contributed by atoms with Gasteiger partial charge < -0.3 is 11.1 Å². The third-order valence-electron chi connectivity index (χ3n) is 2.61. The zero-order chi connectivity index (χ0) is 9.97. The fourth-order valence-corrected chi connectivity index (χ4v) is 1.51. The van der Waals surface area contributed by atoms with Crippen LogP contribution in [0.25, 0.3) is 0 Å². The van der Waals surface area contributed by atoms with Crippen molar-refractivity contribution in [3.8, 4) is 0 Å². The summed E-state index contributed by atoms with van der Waals surface area (Å²) in [5.41, 5.74) is 7.55. The van der Waals surface area contributed by atoms with Gasteiger partial charge in [0.1, 0.15) is 5.82 Å². The molecule has 0 bridgehead atoms. The molecule has 0 saturated heterocycles. The second-order valence-electron chi connectivity index (χ2n) is 4.05. The Bertz CT molecular complexity index is 318. The molecule has 2 rings (SSSR count). The van der Waals surface area contributed by atoms with Gasteiger partial charge in [0.2, 0.25) is 0 Å². The summed E-state index contributed by atoms with van der Waals surface area (Å²) in [5, 5.41) is 3.29. The van der Waals surface area contributed by atoms with Crippen molar-refractivity contribution in [1.29, 1.82) is 0 Å². The van der Waals surface area contributed by atoms with E-state index in [-0.39, 0.29) is 0 Å². The van der Waals surface area contributed by atoms with Crippen LogP contribution in [0.5, 0.6) is 0 Å². The van der Waals surface area contributed by atoms with Gasteiger partial charge in [-0.3, -0.25) is 0 Å². The molecule has 1 fully saturated rings. The van der Waals surface area contributed by atoms with Gasteiger partial charge in [-0.2, -0.15) is 0 Å². The van der Waals surface area contributed by atoms with Crippen LogP contribution in [0.15, 0.2) is 12.1 Å². The third-order valence-corrected chi connectivity index (χ3v) is 2.61. The van der Waals surface area contributed by atoms with E-state index in [0.29, 0.717) is 0 Å². The first-order valence-electron chi connectivity index (χ1n) is 5.22. The average Bonchev–Trinajstić information content (AvgIpc) is 2.95. The van der Waals surface area contributed by atoms with E-state index in [4.69, 9.17) is 5.73 Å². The first-order chi connectivity index (χ1) is 6.75. The molecule has 3 N–H and O–H groups in total. The molecule has 0 radical (unpaired) electrons. The molecule has 3 nitrogen and oxygen atoms in total. The van der Waals surface area contributed by atoms with Crippen molar-refractivity contribution >= 4 is 11.5 Å². The molecule has 0 aliphatic heterocycles. The maximum atomic E-state index is 5.80. The molecule has 0 atom stereocenters. The zero-order valence-electron chi connectivity index (χ0n) is 8.59. The van der Waals surface area contributed by atoms with Crippen LogP contribution in [0.1, 0.15) is 25.0 Å². The second-order valence-corrected chi connectivity index (χ2v) is 4.05. The summed E-state index contributed by atoms with van der Waals surface area (Å²) >= 11 is 0. The van der Waals surface area contributed by atoms with Crippen molar-refractivity contribution in [2.24, 2.45) is 5.92 Å². The molecular formula is C11H17N3. The van der Waals surface area contributed by atoms with Crippen molar-refractivity contribution in [2.45, 2.75) is 26.2 Å². The number of aromatic nitrogens is 1. The Balaban J connectivity index is 1.89. The summed E-state index contributed by atoms with van der Waals surface area (Å²) < 4.78 is 0. The quantitative estimate of drug-likeness (QED) is 0.767. The van der Waals surface area contributed by atoms with Gasteiger partial charge in [0, 0.05) is 12.2 Å². The van der Waals surface area contributed by atoms with Gasteiger partial charge >= 0.3 is 0 Å². The van der Waals surface area contributed by atoms with Gasteiger partial charge in [0.15, 0.2) is 0 Å². The van der Waals surface area contributed by atoms with Gasteiger partial charge in [0.05, 0.1) is 5.69 Å². The number of nitrogens with one attached hydrogen (secondary N) is 1. The summed E-state index contributed by atoms with van der Waals surface area (Å²) in [4.78, 5) is 4.35. The van der Waals surface area contributed by atoms with Gasteiger partial charge in [0.25, 0.3) is 0 Å². The summed E-state index contributed by atoms with van der Waals surface area (Å²) in [6.07, 6.45) is 4.05. The van der Waals surface area contributed by atoms with Crippen molar-refractivity contribution < 1.29 is 0 Å². The molecule has 1 aromatic rings. The molecule has 0 unspecified atom stereocenters. The first-order valence-corrected chi connectivity index (χ1v) is 5.22. The minimum atomic E-state index is 0.742. The molecule has 14 heavy (non-hydrogen) atoms. The molecule has 1 aliphatic carbocycles. The van der Waals surface area contributed by atoms with Crippen LogP contribution in [0, 0.1) is 12.8 Å². The Hall–Kier alpha value is -1.25. The highest BCUT2D eigenvalue weighted by Crippen LogP contribution is 2.32. The molecule has 0 aromatic carbocycles. The Kier molecular flexibility index (Phi) is 2.57. The van der Waals surface area contributed by atoms with Crippen molar-refractivity contribution in [2.75, 3.05) is 17.6 Å². The first kappa shape index (κ1) is 9.31. The van der Waals surface area contributed by atoms with E-state index < -0.39 is 0 Å². The van der Waals surface area contributed by atoms with Crippen LogP contribution in [-0.4, -0.2) is 11.5 Å². The highest BCUT2D eigenvalue weighted by Gasteiger charge is 2.20. The normalized spacial score (nSPS) is 15.5. The molecule has 3 heteroatoms. The number of nitrogens with two attached hydrogens (primary N) is 1. The minimum absolute atomic E-state index is 0.742. The summed E-state index contributed by atoms with van der Waals surface area (Å²) in [6, 6.07) is 3.84. The van der Waals surface area contributed by atoms with Crippen LogP contribution in [0.3, 0.4) is 0 Å². The molecule has 1 aromatic heterocycles. The lowest BCUT2D eigenvalue weighted by Crippen LogP contribution is -2.07. The Morgan fingerprint density at radius 3 is 3.00 bits per heavy atom. The van der Waals surface area contributed by atoms with Gasteiger partial charge in [-0.1, -0.05) is 12.8 Å². The molecule has 0 amide bonds. The van der Waals surface area contributed by atoms with Crippen LogP contribution in [-0.2, 0) is 0 Å². The highest BCUT2D eigenvalue weighted by molar-refractivity contribution is 5.61.